The Labute approximate surface area is 113 Å². The van der Waals surface area contributed by atoms with E-state index in [0.29, 0.717) is 11.2 Å². The number of anilines is 1. The molecule has 1 aliphatic rings. The lowest BCUT2D eigenvalue weighted by atomic mass is 10.1. The van der Waals surface area contributed by atoms with Gasteiger partial charge in [-0.05, 0) is 5.21 Å². The van der Waals surface area contributed by atoms with Crippen LogP contribution in [0.4, 0.5) is 5.82 Å². The zero-order chi connectivity index (χ0) is 14.3. The Hall–Kier alpha value is -1.88. The van der Waals surface area contributed by atoms with Gasteiger partial charge in [0.25, 0.3) is 0 Å². The first kappa shape index (κ1) is 13.1. The molecule has 0 amide bonds. The molecule has 0 radical (unpaired) electrons. The van der Waals surface area contributed by atoms with E-state index in [1.54, 1.807) is 4.57 Å². The molecule has 10 nitrogen and oxygen atoms in total. The number of imidazole rings is 1. The number of hydrogen-bond acceptors (Lipinski definition) is 9. The summed E-state index contributed by atoms with van der Waals surface area (Å²) in [5, 5.41) is 30.2. The molecule has 4 N–H and O–H groups in total. The van der Waals surface area contributed by atoms with Crippen molar-refractivity contribution in [3.63, 3.8) is 0 Å². The molecule has 3 rings (SSSR count). The van der Waals surface area contributed by atoms with Crippen LogP contribution in [0.2, 0.25) is 0 Å². The van der Waals surface area contributed by atoms with Crippen molar-refractivity contribution in [3.05, 3.63) is 6.33 Å². The average Bonchev–Trinajstić information content (AvgIpc) is 3.00. The fraction of sp³-hybridized carbons (Fsp3) is 0.600. The van der Waals surface area contributed by atoms with Gasteiger partial charge in [0.1, 0.15) is 18.3 Å². The van der Waals surface area contributed by atoms with E-state index in [0.717, 1.165) is 0 Å². The molecular weight excluding hydrogens is 268 g/mol. The maximum Gasteiger partial charge on any atom is 0.190 e. The van der Waals surface area contributed by atoms with Crippen LogP contribution in [0.1, 0.15) is 6.23 Å². The van der Waals surface area contributed by atoms with Crippen molar-refractivity contribution in [2.45, 2.75) is 24.5 Å². The molecule has 0 spiro atoms. The van der Waals surface area contributed by atoms with Gasteiger partial charge in [0.15, 0.2) is 23.2 Å². The number of hydrogen-bond donors (Lipinski definition) is 3. The SMILES string of the molecule is COC1C(O)[C@@H](CO)O[C@H]1n1cnc2c(N)nnnc21. The van der Waals surface area contributed by atoms with Crippen LogP contribution < -0.4 is 5.73 Å². The van der Waals surface area contributed by atoms with Crippen molar-refractivity contribution in [2.24, 2.45) is 0 Å². The molecule has 1 saturated heterocycles. The van der Waals surface area contributed by atoms with Gasteiger partial charge in [-0.15, -0.1) is 10.2 Å². The van der Waals surface area contributed by atoms with Gasteiger partial charge >= 0.3 is 0 Å². The lowest BCUT2D eigenvalue weighted by molar-refractivity contribution is -0.0583. The number of ether oxygens (including phenoxy) is 2. The Balaban J connectivity index is 2.04. The van der Waals surface area contributed by atoms with Gasteiger partial charge in [-0.1, -0.05) is 0 Å². The first-order valence-corrected chi connectivity index (χ1v) is 5.96. The minimum Gasteiger partial charge on any atom is -0.394 e. The van der Waals surface area contributed by atoms with Crippen molar-refractivity contribution in [1.82, 2.24) is 25.0 Å². The maximum absolute atomic E-state index is 10.0. The molecule has 2 aromatic rings. The molecule has 2 unspecified atom stereocenters. The van der Waals surface area contributed by atoms with Crippen LogP contribution in [-0.2, 0) is 9.47 Å². The number of fused-ring (bicyclic) bond motifs is 1. The summed E-state index contributed by atoms with van der Waals surface area (Å²) in [5.74, 6) is 0.153. The van der Waals surface area contributed by atoms with E-state index in [4.69, 9.17) is 15.2 Å². The Kier molecular flexibility index (Phi) is 3.22. The quantitative estimate of drug-likeness (QED) is 0.586. The van der Waals surface area contributed by atoms with E-state index >= 15 is 0 Å². The summed E-state index contributed by atoms with van der Waals surface area (Å²) in [7, 11) is 1.45. The van der Waals surface area contributed by atoms with Gasteiger partial charge in [-0.2, -0.15) is 0 Å². The summed E-state index contributed by atoms with van der Waals surface area (Å²) in [5.41, 5.74) is 6.43. The second-order valence-corrected chi connectivity index (χ2v) is 4.44. The van der Waals surface area contributed by atoms with Crippen LogP contribution in [0.15, 0.2) is 6.33 Å². The summed E-state index contributed by atoms with van der Waals surface area (Å²) in [4.78, 5) is 4.10. The Morgan fingerprint density at radius 1 is 1.50 bits per heavy atom. The smallest absolute Gasteiger partial charge is 0.190 e. The van der Waals surface area contributed by atoms with Crippen LogP contribution in [-0.4, -0.2) is 67.2 Å². The Morgan fingerprint density at radius 3 is 3.00 bits per heavy atom. The first-order chi connectivity index (χ1) is 9.67. The van der Waals surface area contributed by atoms with Gasteiger partial charge in [0.05, 0.1) is 12.9 Å². The maximum atomic E-state index is 10.0. The van der Waals surface area contributed by atoms with Gasteiger partial charge < -0.3 is 25.4 Å². The highest BCUT2D eigenvalue weighted by molar-refractivity contribution is 5.80. The fourth-order valence-corrected chi connectivity index (χ4v) is 2.33. The van der Waals surface area contributed by atoms with Crippen LogP contribution in [0.5, 0.6) is 0 Å². The molecule has 2 aromatic heterocycles. The lowest BCUT2D eigenvalue weighted by Gasteiger charge is -2.19. The Bertz CT molecular complexity index is 619. The van der Waals surface area contributed by atoms with Crippen molar-refractivity contribution in [2.75, 3.05) is 19.5 Å². The molecular formula is C10H14N6O4. The van der Waals surface area contributed by atoms with Crippen molar-refractivity contribution in [1.29, 1.82) is 0 Å². The van der Waals surface area contributed by atoms with Gasteiger partial charge in [0.2, 0.25) is 0 Å². The number of aliphatic hydroxyl groups is 2. The number of methoxy groups -OCH3 is 1. The summed E-state index contributed by atoms with van der Waals surface area (Å²) >= 11 is 0. The highest BCUT2D eigenvalue weighted by Gasteiger charge is 2.45. The van der Waals surface area contributed by atoms with Crippen molar-refractivity contribution >= 4 is 17.0 Å². The van der Waals surface area contributed by atoms with E-state index in [9.17, 15) is 10.2 Å². The summed E-state index contributed by atoms with van der Waals surface area (Å²) in [6, 6.07) is 0. The van der Waals surface area contributed by atoms with Crippen molar-refractivity contribution < 1.29 is 19.7 Å². The molecule has 20 heavy (non-hydrogen) atoms. The third-order valence-corrected chi connectivity index (χ3v) is 3.34. The normalized spacial score (nSPS) is 30.1. The van der Waals surface area contributed by atoms with Gasteiger partial charge in [-0.25, -0.2) is 4.98 Å². The number of nitrogens with zero attached hydrogens (tertiary/aromatic N) is 5. The van der Waals surface area contributed by atoms with E-state index in [2.05, 4.69) is 20.4 Å². The topological polar surface area (TPSA) is 141 Å². The molecule has 1 aliphatic heterocycles. The van der Waals surface area contributed by atoms with Crippen LogP contribution in [0, 0.1) is 0 Å². The summed E-state index contributed by atoms with van der Waals surface area (Å²) in [6.45, 7) is -0.320. The minimum absolute atomic E-state index is 0.153. The number of nitrogen functional groups attached to an aromatic ring is 1. The number of aromatic nitrogens is 5. The first-order valence-electron chi connectivity index (χ1n) is 5.96. The fourth-order valence-electron chi connectivity index (χ4n) is 2.33. The standard InChI is InChI=1S/C10H14N6O4/c1-19-7-6(18)4(2-17)20-10(7)16-3-12-5-8(11)13-15-14-9(5)16/h3-4,6-7,10,17-18H,2H2,1H3,(H2,11,13,14)/t4-,6?,7?,10-/m1/s1. The van der Waals surface area contributed by atoms with Crippen LogP contribution in [0.3, 0.4) is 0 Å². The second kappa shape index (κ2) is 4.90. The van der Waals surface area contributed by atoms with Crippen LogP contribution >= 0.6 is 0 Å². The van der Waals surface area contributed by atoms with E-state index in [1.807, 2.05) is 0 Å². The highest BCUT2D eigenvalue weighted by Crippen LogP contribution is 2.33. The number of aliphatic hydroxyl groups excluding tert-OH is 2. The van der Waals surface area contributed by atoms with E-state index < -0.39 is 24.5 Å². The largest absolute Gasteiger partial charge is 0.394 e. The van der Waals surface area contributed by atoms with E-state index in [1.165, 1.54) is 13.4 Å². The number of rotatable bonds is 3. The third-order valence-electron chi connectivity index (χ3n) is 3.34. The molecule has 0 bridgehead atoms. The molecule has 4 atom stereocenters. The molecule has 10 heteroatoms. The van der Waals surface area contributed by atoms with Gasteiger partial charge in [-0.3, -0.25) is 4.57 Å². The molecule has 1 fully saturated rings. The van der Waals surface area contributed by atoms with Crippen LogP contribution in [0.25, 0.3) is 11.2 Å². The second-order valence-electron chi connectivity index (χ2n) is 4.44. The summed E-state index contributed by atoms with van der Waals surface area (Å²) < 4.78 is 12.4. The predicted octanol–water partition coefficient (Wildman–Crippen LogP) is -1.93. The number of nitrogens with two attached hydrogens (primary N) is 1. The monoisotopic (exact) mass is 282 g/mol. The van der Waals surface area contributed by atoms with Gasteiger partial charge in [0, 0.05) is 7.11 Å². The molecule has 3 heterocycles. The zero-order valence-corrected chi connectivity index (χ0v) is 10.6. The molecule has 108 valence electrons. The third kappa shape index (κ3) is 1.81. The van der Waals surface area contributed by atoms with Crippen molar-refractivity contribution in [3.8, 4) is 0 Å². The zero-order valence-electron chi connectivity index (χ0n) is 10.6. The lowest BCUT2D eigenvalue weighted by Crippen LogP contribution is -2.34. The highest BCUT2D eigenvalue weighted by atomic mass is 16.6. The van der Waals surface area contributed by atoms with E-state index in [-0.39, 0.29) is 12.4 Å². The molecule has 0 saturated carbocycles. The molecule has 0 aromatic carbocycles. The predicted molar refractivity (Wildman–Crippen MR) is 65.3 cm³/mol. The Morgan fingerprint density at radius 2 is 2.30 bits per heavy atom. The summed E-state index contributed by atoms with van der Waals surface area (Å²) in [6.07, 6.45) is -1.59. The average molecular weight is 282 g/mol. The minimum atomic E-state index is -0.959. The molecule has 0 aliphatic carbocycles.